The van der Waals surface area contributed by atoms with Crippen molar-refractivity contribution in [3.05, 3.63) is 0 Å². The lowest BCUT2D eigenvalue weighted by Gasteiger charge is -2.19. The Hall–Kier alpha value is -0.990. The molecule has 0 bridgehead atoms. The van der Waals surface area contributed by atoms with Crippen LogP contribution >= 0.6 is 7.82 Å². The highest BCUT2D eigenvalue weighted by Gasteiger charge is 2.25. The van der Waals surface area contributed by atoms with Gasteiger partial charge >= 0.3 is 19.8 Å². The summed E-state index contributed by atoms with van der Waals surface area (Å²) >= 11 is 0. The van der Waals surface area contributed by atoms with Crippen LogP contribution in [0.1, 0.15) is 149 Å². The van der Waals surface area contributed by atoms with E-state index in [1.165, 1.54) is 77.0 Å². The van der Waals surface area contributed by atoms with Crippen molar-refractivity contribution in [2.75, 3.05) is 26.4 Å². The topological polar surface area (TPSA) is 134 Å². The summed E-state index contributed by atoms with van der Waals surface area (Å²) in [7, 11) is -4.35. The van der Waals surface area contributed by atoms with Crippen LogP contribution in [0, 0.1) is 0 Å². The van der Waals surface area contributed by atoms with Gasteiger partial charge in [0, 0.05) is 19.4 Å². The summed E-state index contributed by atoms with van der Waals surface area (Å²) in [5.74, 6) is -0.834. The van der Waals surface area contributed by atoms with Crippen molar-refractivity contribution >= 4 is 19.8 Å². The molecule has 1 unspecified atom stereocenters. The molecule has 0 aromatic rings. The molecule has 0 aliphatic carbocycles. The van der Waals surface area contributed by atoms with E-state index in [-0.39, 0.29) is 38.6 Å². The van der Waals surface area contributed by atoms with Gasteiger partial charge in [-0.05, 0) is 12.8 Å². The van der Waals surface area contributed by atoms with Crippen LogP contribution < -0.4 is 5.73 Å². The van der Waals surface area contributed by atoms with Crippen molar-refractivity contribution in [2.45, 2.75) is 155 Å². The summed E-state index contributed by atoms with van der Waals surface area (Å²) < 4.78 is 32.3. The molecule has 0 heterocycles. The van der Waals surface area contributed by atoms with Crippen molar-refractivity contribution in [1.29, 1.82) is 0 Å². The number of phosphoric acid groups is 1. The zero-order valence-electron chi connectivity index (χ0n) is 25.6. The molecule has 0 radical (unpaired) electrons. The molecular weight excluding hydrogens is 533 g/mol. The van der Waals surface area contributed by atoms with Gasteiger partial charge in [-0.15, -0.1) is 0 Å². The molecule has 238 valence electrons. The first kappa shape index (κ1) is 39.0. The van der Waals surface area contributed by atoms with Crippen LogP contribution in [0.15, 0.2) is 0 Å². The van der Waals surface area contributed by atoms with Crippen LogP contribution in [0.2, 0.25) is 0 Å². The molecule has 0 saturated heterocycles. The first-order chi connectivity index (χ1) is 19.3. The first-order valence-electron chi connectivity index (χ1n) is 16.0. The molecule has 0 spiro atoms. The van der Waals surface area contributed by atoms with Gasteiger partial charge in [0.05, 0.1) is 13.2 Å². The van der Waals surface area contributed by atoms with Gasteiger partial charge in [-0.1, -0.05) is 123 Å². The van der Waals surface area contributed by atoms with E-state index in [0.29, 0.717) is 6.42 Å². The maximum atomic E-state index is 12.4. The molecule has 40 heavy (non-hydrogen) atoms. The maximum Gasteiger partial charge on any atom is 0.472 e. The lowest BCUT2D eigenvalue weighted by atomic mass is 10.0. The standard InChI is InChI=1S/C30H60NO8P/c1-3-5-7-9-11-12-13-14-15-16-17-19-21-23-30(33)39-28(27-38-40(34,35)37-25-24-31)26-36-29(32)22-20-18-10-8-6-4-2/h28H,3-27,31H2,1-2H3,(H,34,35)/t28-/m0/s1. The lowest BCUT2D eigenvalue weighted by molar-refractivity contribution is -0.161. The van der Waals surface area contributed by atoms with E-state index in [0.717, 1.165) is 38.5 Å². The quantitative estimate of drug-likeness (QED) is 0.0486. The van der Waals surface area contributed by atoms with E-state index in [1.54, 1.807) is 0 Å². The fourth-order valence-electron chi connectivity index (χ4n) is 4.34. The number of carbonyl (C=O) groups excluding carboxylic acids is 2. The molecule has 3 N–H and O–H groups in total. The summed E-state index contributed by atoms with van der Waals surface area (Å²) in [4.78, 5) is 34.3. The van der Waals surface area contributed by atoms with Crippen molar-refractivity contribution < 1.29 is 37.6 Å². The number of phosphoric ester groups is 1. The fraction of sp³-hybridized carbons (Fsp3) is 0.933. The van der Waals surface area contributed by atoms with E-state index < -0.39 is 26.5 Å². The van der Waals surface area contributed by atoms with Crippen molar-refractivity contribution in [3.63, 3.8) is 0 Å². The highest BCUT2D eigenvalue weighted by molar-refractivity contribution is 7.47. The van der Waals surface area contributed by atoms with E-state index in [2.05, 4.69) is 13.8 Å². The molecule has 0 fully saturated rings. The zero-order chi connectivity index (χ0) is 29.7. The Morgan fingerprint density at radius 1 is 0.650 bits per heavy atom. The highest BCUT2D eigenvalue weighted by atomic mass is 31.2. The van der Waals surface area contributed by atoms with E-state index in [9.17, 15) is 19.0 Å². The van der Waals surface area contributed by atoms with Crippen molar-refractivity contribution in [3.8, 4) is 0 Å². The number of hydrogen-bond donors (Lipinski definition) is 2. The van der Waals surface area contributed by atoms with Gasteiger partial charge in [0.15, 0.2) is 6.10 Å². The number of rotatable bonds is 30. The van der Waals surface area contributed by atoms with Gasteiger partial charge in [-0.3, -0.25) is 18.6 Å². The molecule has 0 aromatic heterocycles. The normalized spacial score (nSPS) is 13.6. The van der Waals surface area contributed by atoms with Gasteiger partial charge in [0.1, 0.15) is 6.61 Å². The number of unbranched alkanes of at least 4 members (excludes halogenated alkanes) is 17. The number of hydrogen-bond acceptors (Lipinski definition) is 8. The summed E-state index contributed by atoms with van der Waals surface area (Å²) in [5, 5.41) is 0. The third-order valence-corrected chi connectivity index (χ3v) is 7.73. The minimum absolute atomic E-state index is 0.0571. The van der Waals surface area contributed by atoms with Crippen LogP contribution in [0.3, 0.4) is 0 Å². The Morgan fingerprint density at radius 3 is 1.52 bits per heavy atom. The number of ether oxygens (including phenoxy) is 2. The fourth-order valence-corrected chi connectivity index (χ4v) is 5.10. The van der Waals surface area contributed by atoms with Crippen molar-refractivity contribution in [1.82, 2.24) is 0 Å². The summed E-state index contributed by atoms with van der Waals surface area (Å²) in [6.07, 6.45) is 21.6. The highest BCUT2D eigenvalue weighted by Crippen LogP contribution is 2.43. The molecule has 0 saturated carbocycles. The molecule has 0 aliphatic heterocycles. The average molecular weight is 594 g/mol. The number of esters is 2. The molecule has 0 aromatic carbocycles. The second kappa shape index (κ2) is 28.1. The Morgan fingerprint density at radius 2 is 1.07 bits per heavy atom. The Kier molecular flexibility index (Phi) is 27.4. The summed E-state index contributed by atoms with van der Waals surface area (Å²) in [6, 6.07) is 0. The summed E-state index contributed by atoms with van der Waals surface area (Å²) in [5.41, 5.74) is 5.30. The SMILES string of the molecule is CCCCCCCCCCCCCCCC(=O)O[C@@H](COC(=O)CCCCCCCC)COP(=O)(O)OCCN. The minimum atomic E-state index is -4.35. The molecule has 10 heteroatoms. The van der Waals surface area contributed by atoms with Crippen molar-refractivity contribution in [2.24, 2.45) is 5.73 Å². The number of nitrogens with two attached hydrogens (primary N) is 1. The molecular formula is C30H60NO8P. The van der Waals surface area contributed by atoms with Gasteiger partial charge in [0.25, 0.3) is 0 Å². The summed E-state index contributed by atoms with van der Waals surface area (Å²) in [6.45, 7) is 3.64. The predicted molar refractivity (Wildman–Crippen MR) is 160 cm³/mol. The molecule has 9 nitrogen and oxygen atoms in total. The van der Waals surface area contributed by atoms with Crippen LogP contribution in [-0.4, -0.2) is 49.3 Å². The maximum absolute atomic E-state index is 12.4. The van der Waals surface area contributed by atoms with E-state index in [4.69, 9.17) is 24.3 Å². The second-order valence-electron chi connectivity index (χ2n) is 10.7. The molecule has 2 atom stereocenters. The number of carbonyl (C=O) groups is 2. The van der Waals surface area contributed by atoms with Crippen LogP contribution in [0.4, 0.5) is 0 Å². The average Bonchev–Trinajstić information content (AvgIpc) is 2.93. The van der Waals surface area contributed by atoms with Crippen LogP contribution in [-0.2, 0) is 32.7 Å². The Labute approximate surface area is 244 Å². The monoisotopic (exact) mass is 593 g/mol. The van der Waals surface area contributed by atoms with E-state index >= 15 is 0 Å². The first-order valence-corrected chi connectivity index (χ1v) is 17.5. The largest absolute Gasteiger partial charge is 0.472 e. The smallest absolute Gasteiger partial charge is 0.462 e. The van der Waals surface area contributed by atoms with Crippen LogP contribution in [0.25, 0.3) is 0 Å². The molecule has 0 aliphatic rings. The second-order valence-corrected chi connectivity index (χ2v) is 12.1. The van der Waals surface area contributed by atoms with Crippen LogP contribution in [0.5, 0.6) is 0 Å². The predicted octanol–water partition coefficient (Wildman–Crippen LogP) is 7.77. The molecule has 0 rings (SSSR count). The third kappa shape index (κ3) is 27.2. The zero-order valence-corrected chi connectivity index (χ0v) is 26.5. The van der Waals surface area contributed by atoms with Gasteiger partial charge in [0.2, 0.25) is 0 Å². The van der Waals surface area contributed by atoms with Gasteiger partial charge < -0.3 is 20.1 Å². The Bertz CT molecular complexity index is 649. The van der Waals surface area contributed by atoms with E-state index in [1.807, 2.05) is 0 Å². The Balaban J connectivity index is 4.24. The van der Waals surface area contributed by atoms with Gasteiger partial charge in [-0.25, -0.2) is 4.57 Å². The lowest BCUT2D eigenvalue weighted by Crippen LogP contribution is -2.29. The third-order valence-electron chi connectivity index (χ3n) is 6.74. The minimum Gasteiger partial charge on any atom is -0.462 e. The molecule has 0 amide bonds. The van der Waals surface area contributed by atoms with Gasteiger partial charge in [-0.2, -0.15) is 0 Å².